The number of alkyl halides is 3. The van der Waals surface area contributed by atoms with E-state index in [0.717, 1.165) is 22.9 Å². The summed E-state index contributed by atoms with van der Waals surface area (Å²) in [5.74, 6) is 0.633. The number of dihydropyridines is 1. The fourth-order valence-corrected chi connectivity index (χ4v) is 4.71. The third-order valence-corrected chi connectivity index (χ3v) is 6.60. The van der Waals surface area contributed by atoms with Gasteiger partial charge < -0.3 is 10.3 Å². The highest BCUT2D eigenvalue weighted by Crippen LogP contribution is 2.44. The van der Waals surface area contributed by atoms with Crippen molar-refractivity contribution >= 4 is 11.8 Å². The molecule has 3 N–H and O–H groups in total. The predicted molar refractivity (Wildman–Crippen MR) is 129 cm³/mol. The molecule has 0 fully saturated rings. The Morgan fingerprint density at radius 3 is 2.65 bits per heavy atom. The molecule has 1 aliphatic carbocycles. The van der Waals surface area contributed by atoms with Gasteiger partial charge in [-0.1, -0.05) is 55.5 Å². The third-order valence-electron chi connectivity index (χ3n) is 6.60. The Bertz CT molecular complexity index is 1160. The van der Waals surface area contributed by atoms with E-state index in [0.29, 0.717) is 17.9 Å². The van der Waals surface area contributed by atoms with Crippen LogP contribution in [0.2, 0.25) is 0 Å². The molecule has 34 heavy (non-hydrogen) atoms. The summed E-state index contributed by atoms with van der Waals surface area (Å²) in [6, 6.07) is 10.2. The van der Waals surface area contributed by atoms with Crippen molar-refractivity contribution in [3.63, 3.8) is 0 Å². The minimum absolute atomic E-state index is 0.0894. The normalized spacial score (nSPS) is 23.6. The summed E-state index contributed by atoms with van der Waals surface area (Å²) in [5, 5.41) is 3.55. The van der Waals surface area contributed by atoms with Crippen LogP contribution in [0.5, 0.6) is 0 Å². The van der Waals surface area contributed by atoms with Crippen LogP contribution in [-0.4, -0.2) is 28.1 Å². The maximum absolute atomic E-state index is 13.5. The lowest BCUT2D eigenvalue weighted by Gasteiger charge is -2.31. The molecule has 4 rings (SSSR count). The second kappa shape index (κ2) is 9.35. The van der Waals surface area contributed by atoms with Gasteiger partial charge in [-0.15, -0.1) is 0 Å². The van der Waals surface area contributed by atoms with Gasteiger partial charge in [0.1, 0.15) is 12.0 Å². The number of nitrogens with one attached hydrogen (secondary N) is 1. The first-order valence-electron chi connectivity index (χ1n) is 11.4. The lowest BCUT2D eigenvalue weighted by atomic mass is 9.75. The average Bonchev–Trinajstić information content (AvgIpc) is 3.16. The van der Waals surface area contributed by atoms with Gasteiger partial charge in [-0.2, -0.15) is 13.2 Å². The number of hydrogen-bond acceptors (Lipinski definition) is 4. The standard InChI is InChI=1S/C26H30F3N5/c1-17(18-8-5-4-6-9-18)32-21-14-19(11-13-31-21)23-24(33-22(16-30)34(23)3)25(2)12-7-10-20(15-25)26(27,28)29/h4-13,17,21,32H,14-16,30H2,1-3H3/t17-,21?,25?/m0/s1. The van der Waals surface area contributed by atoms with Crippen molar-refractivity contribution in [3.05, 3.63) is 83.0 Å². The van der Waals surface area contributed by atoms with Gasteiger partial charge in [-0.3, -0.25) is 10.3 Å². The first-order valence-corrected chi connectivity index (χ1v) is 11.4. The molecule has 0 saturated carbocycles. The smallest absolute Gasteiger partial charge is 0.330 e. The van der Waals surface area contributed by atoms with Gasteiger partial charge in [-0.05, 0) is 30.6 Å². The monoisotopic (exact) mass is 469 g/mol. The van der Waals surface area contributed by atoms with Crippen molar-refractivity contribution in [1.82, 2.24) is 14.9 Å². The summed E-state index contributed by atoms with van der Waals surface area (Å²) in [7, 11) is 1.87. The molecule has 2 heterocycles. The quantitative estimate of drug-likeness (QED) is 0.617. The van der Waals surface area contributed by atoms with Crippen molar-refractivity contribution in [2.24, 2.45) is 17.8 Å². The lowest BCUT2D eigenvalue weighted by Crippen LogP contribution is -2.32. The van der Waals surface area contributed by atoms with E-state index in [2.05, 4.69) is 29.4 Å². The molecule has 2 aliphatic rings. The second-order valence-corrected chi connectivity index (χ2v) is 9.14. The zero-order valence-corrected chi connectivity index (χ0v) is 19.6. The van der Waals surface area contributed by atoms with Crippen LogP contribution in [-0.2, 0) is 19.0 Å². The molecular weight excluding hydrogens is 439 g/mol. The van der Waals surface area contributed by atoms with Crippen molar-refractivity contribution < 1.29 is 13.2 Å². The van der Waals surface area contributed by atoms with Gasteiger partial charge in [-0.25, -0.2) is 4.98 Å². The number of aliphatic imine (C=N–C) groups is 1. The molecule has 5 nitrogen and oxygen atoms in total. The summed E-state index contributed by atoms with van der Waals surface area (Å²) in [5.41, 5.74) is 8.02. The van der Waals surface area contributed by atoms with Gasteiger partial charge in [0.15, 0.2) is 0 Å². The topological polar surface area (TPSA) is 68.2 Å². The molecule has 2 aromatic rings. The zero-order valence-electron chi connectivity index (χ0n) is 19.6. The zero-order chi connectivity index (χ0) is 24.5. The highest BCUT2D eigenvalue weighted by molar-refractivity contribution is 5.86. The molecule has 8 heteroatoms. The number of aromatic nitrogens is 2. The maximum atomic E-state index is 13.5. The number of hydrogen-bond donors (Lipinski definition) is 2. The predicted octanol–water partition coefficient (Wildman–Crippen LogP) is 5.12. The molecule has 0 saturated heterocycles. The second-order valence-electron chi connectivity index (χ2n) is 9.14. The molecular formula is C26H30F3N5. The molecule has 1 aromatic heterocycles. The molecule has 0 bridgehead atoms. The first-order chi connectivity index (χ1) is 16.1. The number of imidazole rings is 1. The largest absolute Gasteiger partial charge is 0.412 e. The number of allylic oxidation sites excluding steroid dienone is 5. The molecule has 1 aliphatic heterocycles. The lowest BCUT2D eigenvalue weighted by molar-refractivity contribution is -0.0955. The fourth-order valence-electron chi connectivity index (χ4n) is 4.71. The summed E-state index contributed by atoms with van der Waals surface area (Å²) >= 11 is 0. The summed E-state index contributed by atoms with van der Waals surface area (Å²) in [6.07, 6.45) is 3.98. The van der Waals surface area contributed by atoms with Crippen LogP contribution in [0.3, 0.4) is 0 Å². The van der Waals surface area contributed by atoms with Gasteiger partial charge >= 0.3 is 6.18 Å². The van der Waals surface area contributed by atoms with Gasteiger partial charge in [0.25, 0.3) is 0 Å². The van der Waals surface area contributed by atoms with Gasteiger partial charge in [0.05, 0.1) is 17.9 Å². The Kier molecular flexibility index (Phi) is 6.64. The van der Waals surface area contributed by atoms with Crippen LogP contribution in [0, 0.1) is 0 Å². The van der Waals surface area contributed by atoms with E-state index in [4.69, 9.17) is 10.7 Å². The SMILES string of the molecule is C[C@H](NC1CC(c2c(C3(C)C=CC=C(C(F)(F)F)C3)nc(CN)n2C)=CC=N1)c1ccccc1. The van der Waals surface area contributed by atoms with E-state index in [1.54, 1.807) is 19.2 Å². The van der Waals surface area contributed by atoms with E-state index >= 15 is 0 Å². The molecule has 0 spiro atoms. The maximum Gasteiger partial charge on any atom is 0.412 e. The molecule has 3 atom stereocenters. The molecule has 1 aromatic carbocycles. The minimum Gasteiger partial charge on any atom is -0.330 e. The molecule has 2 unspecified atom stereocenters. The number of nitrogens with zero attached hydrogens (tertiary/aromatic N) is 3. The highest BCUT2D eigenvalue weighted by Gasteiger charge is 2.42. The Morgan fingerprint density at radius 1 is 1.24 bits per heavy atom. The van der Waals surface area contributed by atoms with Crippen molar-refractivity contribution in [2.45, 2.75) is 57.0 Å². The molecule has 0 amide bonds. The van der Waals surface area contributed by atoms with E-state index in [1.165, 1.54) is 6.08 Å². The van der Waals surface area contributed by atoms with Crippen LogP contribution < -0.4 is 11.1 Å². The van der Waals surface area contributed by atoms with Crippen LogP contribution in [0.15, 0.2) is 65.2 Å². The summed E-state index contributed by atoms with van der Waals surface area (Å²) in [6.45, 7) is 4.09. The van der Waals surface area contributed by atoms with Crippen molar-refractivity contribution in [2.75, 3.05) is 0 Å². The summed E-state index contributed by atoms with van der Waals surface area (Å²) in [4.78, 5) is 9.33. The minimum atomic E-state index is -4.38. The van der Waals surface area contributed by atoms with Crippen LogP contribution in [0.25, 0.3) is 5.57 Å². The van der Waals surface area contributed by atoms with Crippen LogP contribution in [0.4, 0.5) is 13.2 Å². The highest BCUT2D eigenvalue weighted by atomic mass is 19.4. The van der Waals surface area contributed by atoms with Crippen molar-refractivity contribution in [1.29, 1.82) is 0 Å². The van der Waals surface area contributed by atoms with Crippen molar-refractivity contribution in [3.8, 4) is 0 Å². The van der Waals surface area contributed by atoms with Crippen LogP contribution in [0.1, 0.15) is 55.5 Å². The fraction of sp³-hybridized carbons (Fsp3) is 0.385. The number of benzene rings is 1. The number of nitrogens with two attached hydrogens (primary N) is 1. The third kappa shape index (κ3) is 4.79. The van der Waals surface area contributed by atoms with E-state index in [9.17, 15) is 13.2 Å². The van der Waals surface area contributed by atoms with E-state index in [1.807, 2.05) is 35.9 Å². The number of rotatable bonds is 6. The van der Waals surface area contributed by atoms with E-state index < -0.39 is 17.2 Å². The average molecular weight is 470 g/mol. The van der Waals surface area contributed by atoms with Crippen LogP contribution >= 0.6 is 0 Å². The Hall–Kier alpha value is -2.97. The van der Waals surface area contributed by atoms with Gasteiger partial charge in [0.2, 0.25) is 0 Å². The number of halogens is 3. The van der Waals surface area contributed by atoms with E-state index in [-0.39, 0.29) is 25.2 Å². The molecule has 0 radical (unpaired) electrons. The first kappa shape index (κ1) is 24.2. The Morgan fingerprint density at radius 2 is 1.97 bits per heavy atom. The van der Waals surface area contributed by atoms with Gasteiger partial charge in [0, 0.05) is 36.7 Å². The Labute approximate surface area is 198 Å². The molecule has 180 valence electrons. The summed E-state index contributed by atoms with van der Waals surface area (Å²) < 4.78 is 42.5. The Balaban J connectivity index is 1.64.